The van der Waals surface area contributed by atoms with E-state index in [1.165, 1.54) is 22.9 Å². The van der Waals surface area contributed by atoms with Crippen molar-refractivity contribution in [3.05, 3.63) is 65.2 Å². The lowest BCUT2D eigenvalue weighted by Gasteiger charge is -2.27. The number of hydrogen-bond donors (Lipinski definition) is 2. The van der Waals surface area contributed by atoms with Gasteiger partial charge in [0.25, 0.3) is 5.91 Å². The summed E-state index contributed by atoms with van der Waals surface area (Å²) in [4.78, 5) is 25.6. The largest absolute Gasteiger partial charge is 0.383 e. The van der Waals surface area contributed by atoms with Gasteiger partial charge in [-0.2, -0.15) is 0 Å². The number of carbonyl (C=O) groups excluding carboxylic acids is 2. The highest BCUT2D eigenvalue weighted by Gasteiger charge is 2.24. The molecular formula is C23H30N2O3S. The predicted octanol–water partition coefficient (Wildman–Crippen LogP) is 3.56. The smallest absolute Gasteiger partial charge is 0.252 e. The molecule has 0 bridgehead atoms. The number of amides is 2. The molecule has 2 aromatic rings. The second-order valence-corrected chi connectivity index (χ2v) is 8.53. The van der Waals surface area contributed by atoms with Gasteiger partial charge in [-0.15, -0.1) is 11.8 Å². The van der Waals surface area contributed by atoms with Crippen molar-refractivity contribution in [3.8, 4) is 0 Å². The van der Waals surface area contributed by atoms with Gasteiger partial charge in [0.2, 0.25) is 5.91 Å². The van der Waals surface area contributed by atoms with Crippen LogP contribution in [0.2, 0.25) is 0 Å². The molecule has 0 unspecified atom stereocenters. The van der Waals surface area contributed by atoms with Crippen LogP contribution in [0.25, 0.3) is 0 Å². The van der Waals surface area contributed by atoms with Crippen molar-refractivity contribution in [2.24, 2.45) is 0 Å². The van der Waals surface area contributed by atoms with E-state index < -0.39 is 0 Å². The fourth-order valence-corrected chi connectivity index (χ4v) is 3.97. The SMILES string of the molecule is COCCNC(=O)CSc1ccccc1C(=O)NCC(C)(C)c1ccccc1C. The maximum absolute atomic E-state index is 12.8. The molecule has 2 N–H and O–H groups in total. The highest BCUT2D eigenvalue weighted by atomic mass is 32.2. The van der Waals surface area contributed by atoms with E-state index in [2.05, 4.69) is 43.5 Å². The van der Waals surface area contributed by atoms with E-state index in [1.54, 1.807) is 13.2 Å². The molecule has 0 heterocycles. The molecule has 0 atom stereocenters. The molecule has 5 nitrogen and oxygen atoms in total. The van der Waals surface area contributed by atoms with Crippen LogP contribution in [-0.4, -0.2) is 44.4 Å². The lowest BCUT2D eigenvalue weighted by Crippen LogP contribution is -2.37. The Kier molecular flexibility index (Phi) is 8.73. The molecule has 0 radical (unpaired) electrons. The summed E-state index contributed by atoms with van der Waals surface area (Å²) in [6, 6.07) is 15.6. The maximum Gasteiger partial charge on any atom is 0.252 e. The summed E-state index contributed by atoms with van der Waals surface area (Å²) in [5.41, 5.74) is 2.82. The molecule has 0 saturated carbocycles. The average molecular weight is 415 g/mol. The number of benzene rings is 2. The first-order valence-corrected chi connectivity index (χ1v) is 10.7. The first-order valence-electron chi connectivity index (χ1n) is 9.67. The van der Waals surface area contributed by atoms with Gasteiger partial charge >= 0.3 is 0 Å². The van der Waals surface area contributed by atoms with Crippen LogP contribution >= 0.6 is 11.8 Å². The van der Waals surface area contributed by atoms with Crippen molar-refractivity contribution in [2.45, 2.75) is 31.1 Å². The zero-order valence-corrected chi connectivity index (χ0v) is 18.4. The lowest BCUT2D eigenvalue weighted by molar-refractivity contribution is -0.118. The number of nitrogens with one attached hydrogen (secondary N) is 2. The van der Waals surface area contributed by atoms with E-state index in [9.17, 15) is 9.59 Å². The number of rotatable bonds is 10. The third-order valence-electron chi connectivity index (χ3n) is 4.68. The van der Waals surface area contributed by atoms with Gasteiger partial charge in [0, 0.05) is 30.5 Å². The number of carbonyl (C=O) groups is 2. The Labute approximate surface area is 177 Å². The third kappa shape index (κ3) is 6.91. The van der Waals surface area contributed by atoms with Gasteiger partial charge in [-0.25, -0.2) is 0 Å². The molecular weight excluding hydrogens is 384 g/mol. The fraction of sp³-hybridized carbons (Fsp3) is 0.391. The van der Waals surface area contributed by atoms with Crippen LogP contribution in [0.5, 0.6) is 0 Å². The summed E-state index contributed by atoms with van der Waals surface area (Å²) in [6.45, 7) is 7.81. The Morgan fingerprint density at radius 3 is 2.45 bits per heavy atom. The van der Waals surface area contributed by atoms with Crippen molar-refractivity contribution < 1.29 is 14.3 Å². The Morgan fingerprint density at radius 1 is 1.03 bits per heavy atom. The van der Waals surface area contributed by atoms with Crippen molar-refractivity contribution in [3.63, 3.8) is 0 Å². The van der Waals surface area contributed by atoms with Gasteiger partial charge < -0.3 is 15.4 Å². The first kappa shape index (κ1) is 23.0. The monoisotopic (exact) mass is 414 g/mol. The van der Waals surface area contributed by atoms with Crippen LogP contribution in [0.15, 0.2) is 53.4 Å². The third-order valence-corrected chi connectivity index (χ3v) is 5.76. The van der Waals surface area contributed by atoms with E-state index in [0.29, 0.717) is 25.3 Å². The van der Waals surface area contributed by atoms with Gasteiger partial charge in [0.15, 0.2) is 0 Å². The van der Waals surface area contributed by atoms with Crippen molar-refractivity contribution in [2.75, 3.05) is 32.6 Å². The molecule has 2 rings (SSSR count). The van der Waals surface area contributed by atoms with Gasteiger partial charge in [0.1, 0.15) is 0 Å². The van der Waals surface area contributed by atoms with Gasteiger partial charge in [-0.3, -0.25) is 9.59 Å². The van der Waals surface area contributed by atoms with Crippen LogP contribution in [0.3, 0.4) is 0 Å². The fourth-order valence-electron chi connectivity index (χ4n) is 3.09. The summed E-state index contributed by atoms with van der Waals surface area (Å²) in [5.74, 6) is 0.0420. The summed E-state index contributed by atoms with van der Waals surface area (Å²) >= 11 is 1.36. The normalized spacial score (nSPS) is 11.2. The molecule has 0 spiro atoms. The molecule has 0 aliphatic rings. The summed E-state index contributed by atoms with van der Waals surface area (Å²) in [5, 5.41) is 5.85. The number of ether oxygens (including phenoxy) is 1. The molecule has 0 aliphatic carbocycles. The Balaban J connectivity index is 1.99. The molecule has 0 saturated heterocycles. The molecule has 0 fully saturated rings. The molecule has 2 amide bonds. The van der Waals surface area contributed by atoms with Crippen molar-refractivity contribution >= 4 is 23.6 Å². The topological polar surface area (TPSA) is 67.4 Å². The number of methoxy groups -OCH3 is 1. The van der Waals surface area contributed by atoms with E-state index in [0.717, 1.165) is 4.90 Å². The predicted molar refractivity (Wildman–Crippen MR) is 119 cm³/mol. The Bertz CT molecular complexity index is 836. The van der Waals surface area contributed by atoms with Gasteiger partial charge in [0.05, 0.1) is 17.9 Å². The molecule has 0 aliphatic heterocycles. The molecule has 29 heavy (non-hydrogen) atoms. The molecule has 2 aromatic carbocycles. The lowest BCUT2D eigenvalue weighted by atomic mass is 9.82. The molecule has 0 aromatic heterocycles. The van der Waals surface area contributed by atoms with E-state index in [4.69, 9.17) is 4.74 Å². The van der Waals surface area contributed by atoms with Crippen LogP contribution in [0.4, 0.5) is 0 Å². The molecule has 156 valence electrons. The van der Waals surface area contributed by atoms with Crippen LogP contribution < -0.4 is 10.6 Å². The van der Waals surface area contributed by atoms with Crippen LogP contribution in [0.1, 0.15) is 35.3 Å². The highest BCUT2D eigenvalue weighted by molar-refractivity contribution is 8.00. The van der Waals surface area contributed by atoms with Crippen molar-refractivity contribution in [1.29, 1.82) is 0 Å². The van der Waals surface area contributed by atoms with E-state index in [-0.39, 0.29) is 23.0 Å². The summed E-state index contributed by atoms with van der Waals surface area (Å²) < 4.78 is 4.92. The summed E-state index contributed by atoms with van der Waals surface area (Å²) in [6.07, 6.45) is 0. The average Bonchev–Trinajstić information content (AvgIpc) is 2.71. The Morgan fingerprint density at radius 2 is 1.72 bits per heavy atom. The highest BCUT2D eigenvalue weighted by Crippen LogP contribution is 2.26. The zero-order valence-electron chi connectivity index (χ0n) is 17.6. The maximum atomic E-state index is 12.8. The van der Waals surface area contributed by atoms with Gasteiger partial charge in [-0.1, -0.05) is 50.2 Å². The van der Waals surface area contributed by atoms with Crippen LogP contribution in [-0.2, 0) is 14.9 Å². The van der Waals surface area contributed by atoms with E-state index in [1.807, 2.05) is 30.3 Å². The minimum Gasteiger partial charge on any atom is -0.383 e. The quantitative estimate of drug-likeness (QED) is 0.461. The molecule has 6 heteroatoms. The number of hydrogen-bond acceptors (Lipinski definition) is 4. The Hall–Kier alpha value is -2.31. The van der Waals surface area contributed by atoms with Crippen molar-refractivity contribution in [1.82, 2.24) is 10.6 Å². The minimum atomic E-state index is -0.190. The standard InChI is InChI=1S/C23H30N2O3S/c1-17-9-5-7-11-19(17)23(2,3)16-25-22(27)18-10-6-8-12-20(18)29-15-21(26)24-13-14-28-4/h5-12H,13-16H2,1-4H3,(H,24,26)(H,25,27). The second-order valence-electron chi connectivity index (χ2n) is 7.51. The summed E-state index contributed by atoms with van der Waals surface area (Å²) in [7, 11) is 1.59. The number of aryl methyl sites for hydroxylation is 1. The first-order chi connectivity index (χ1) is 13.8. The second kappa shape index (κ2) is 11.0. The number of thioether (sulfide) groups is 1. The minimum absolute atomic E-state index is 0.0806. The van der Waals surface area contributed by atoms with Crippen LogP contribution in [0, 0.1) is 6.92 Å². The van der Waals surface area contributed by atoms with Gasteiger partial charge in [-0.05, 0) is 30.2 Å². The van der Waals surface area contributed by atoms with E-state index >= 15 is 0 Å². The zero-order chi connectivity index (χ0) is 21.3.